The number of hydrogen-bond donors (Lipinski definition) is 8. The number of carboxylic acids is 1. The van der Waals surface area contributed by atoms with Crippen molar-refractivity contribution in [3.05, 3.63) is 0 Å². The molecule has 12 nitrogen and oxygen atoms in total. The maximum Gasteiger partial charge on any atom is 0.364 e. The van der Waals surface area contributed by atoms with Crippen LogP contribution in [0.5, 0.6) is 0 Å². The molecule has 0 saturated carbocycles. The molecule has 0 aromatic rings. The molecular formula is C13H21NO11. The summed E-state index contributed by atoms with van der Waals surface area (Å²) in [7, 11) is 0. The van der Waals surface area contributed by atoms with Gasteiger partial charge in [-0.3, -0.25) is 9.59 Å². The van der Waals surface area contributed by atoms with Gasteiger partial charge in [-0.1, -0.05) is 0 Å². The van der Waals surface area contributed by atoms with Crippen LogP contribution in [0, 0.1) is 0 Å². The van der Waals surface area contributed by atoms with E-state index < -0.39 is 66.1 Å². The second kappa shape index (κ2) is 6.92. The van der Waals surface area contributed by atoms with Crippen LogP contribution in [0.4, 0.5) is 0 Å². The van der Waals surface area contributed by atoms with Gasteiger partial charge in [0, 0.05) is 13.3 Å². The lowest BCUT2D eigenvalue weighted by Gasteiger charge is -2.52. The first kappa shape index (κ1) is 21.4. The fourth-order valence-electron chi connectivity index (χ4n) is 2.72. The lowest BCUT2D eigenvalue weighted by Crippen LogP contribution is -2.78. The largest absolute Gasteiger partial charge is 0.477 e. The molecule has 1 unspecified atom stereocenters. The van der Waals surface area contributed by atoms with E-state index >= 15 is 0 Å². The van der Waals surface area contributed by atoms with Crippen molar-refractivity contribution in [3.8, 4) is 0 Å². The summed E-state index contributed by atoms with van der Waals surface area (Å²) in [5.41, 5.74) is -2.52. The Labute approximate surface area is 141 Å². The molecule has 0 aromatic carbocycles. The molecule has 1 rings (SSSR count). The van der Waals surface area contributed by atoms with Gasteiger partial charge in [-0.25, -0.2) is 4.79 Å². The number of nitrogens with one attached hydrogen (secondary N) is 1. The number of ketones is 1. The second-order valence-corrected chi connectivity index (χ2v) is 5.94. The molecule has 0 aromatic heterocycles. The van der Waals surface area contributed by atoms with Gasteiger partial charge in [-0.2, -0.15) is 0 Å². The third kappa shape index (κ3) is 3.64. The van der Waals surface area contributed by atoms with Gasteiger partial charge in [-0.15, -0.1) is 0 Å². The van der Waals surface area contributed by atoms with E-state index in [-0.39, 0.29) is 0 Å². The smallest absolute Gasteiger partial charge is 0.364 e. The third-order valence-corrected chi connectivity index (χ3v) is 4.06. The molecule has 1 amide bonds. The van der Waals surface area contributed by atoms with Crippen LogP contribution < -0.4 is 5.32 Å². The number of rotatable bonds is 6. The van der Waals surface area contributed by atoms with E-state index in [2.05, 4.69) is 0 Å². The van der Waals surface area contributed by atoms with Gasteiger partial charge in [0.2, 0.25) is 11.7 Å². The average Bonchev–Trinajstić information content (AvgIpc) is 2.48. The molecule has 1 heterocycles. The lowest BCUT2D eigenvalue weighted by molar-refractivity contribution is -0.336. The van der Waals surface area contributed by atoms with Crippen molar-refractivity contribution in [1.29, 1.82) is 0 Å². The predicted octanol–water partition coefficient (Wildman–Crippen LogP) is -4.59. The first-order valence-corrected chi connectivity index (χ1v) is 7.09. The summed E-state index contributed by atoms with van der Waals surface area (Å²) in [6.07, 6.45) is -8.10. The Kier molecular flexibility index (Phi) is 5.91. The summed E-state index contributed by atoms with van der Waals surface area (Å²) in [4.78, 5) is 34.8. The zero-order chi connectivity index (χ0) is 19.8. The maximum atomic E-state index is 12.2. The molecule has 0 aliphatic carbocycles. The number of aliphatic hydroxyl groups is 6. The van der Waals surface area contributed by atoms with Crippen molar-refractivity contribution in [2.75, 3.05) is 6.61 Å². The van der Waals surface area contributed by atoms with Crippen molar-refractivity contribution in [1.82, 2.24) is 5.32 Å². The molecule has 1 aliphatic heterocycles. The summed E-state index contributed by atoms with van der Waals surface area (Å²) in [6.45, 7) is 0.336. The monoisotopic (exact) mass is 367 g/mol. The van der Waals surface area contributed by atoms with Crippen molar-refractivity contribution >= 4 is 17.7 Å². The van der Waals surface area contributed by atoms with Crippen molar-refractivity contribution in [2.45, 2.75) is 55.7 Å². The van der Waals surface area contributed by atoms with Crippen LogP contribution in [0.25, 0.3) is 0 Å². The van der Waals surface area contributed by atoms with E-state index in [1.165, 1.54) is 0 Å². The van der Waals surface area contributed by atoms with Gasteiger partial charge < -0.3 is 45.8 Å². The minimum atomic E-state index is -3.31. The molecule has 12 heteroatoms. The molecule has 5 atom stereocenters. The van der Waals surface area contributed by atoms with Crippen LogP contribution in [0.3, 0.4) is 0 Å². The van der Waals surface area contributed by atoms with Gasteiger partial charge in [0.1, 0.15) is 12.2 Å². The van der Waals surface area contributed by atoms with Crippen LogP contribution in [-0.4, -0.2) is 95.4 Å². The van der Waals surface area contributed by atoms with E-state index in [1.54, 1.807) is 0 Å². The molecule has 0 spiro atoms. The number of ether oxygens (including phenoxy) is 1. The number of aliphatic carboxylic acids is 1. The summed E-state index contributed by atoms with van der Waals surface area (Å²) in [6, 6.07) is 0. The topological polar surface area (TPSA) is 214 Å². The predicted molar refractivity (Wildman–Crippen MR) is 75.6 cm³/mol. The average molecular weight is 367 g/mol. The fourth-order valence-corrected chi connectivity index (χ4v) is 2.72. The quantitative estimate of drug-likeness (QED) is 0.209. The summed E-state index contributed by atoms with van der Waals surface area (Å²) < 4.78 is 4.81. The Bertz CT molecular complexity index is 564. The Balaban J connectivity index is 3.57. The lowest BCUT2D eigenvalue weighted by atomic mass is 9.73. The van der Waals surface area contributed by atoms with Crippen LogP contribution >= 0.6 is 0 Å². The Morgan fingerprint density at radius 3 is 2.20 bits per heavy atom. The van der Waals surface area contributed by atoms with Crippen LogP contribution in [-0.2, 0) is 19.1 Å². The Morgan fingerprint density at radius 2 is 1.84 bits per heavy atom. The van der Waals surface area contributed by atoms with Crippen molar-refractivity contribution in [3.63, 3.8) is 0 Å². The molecular weight excluding hydrogens is 346 g/mol. The van der Waals surface area contributed by atoms with Crippen molar-refractivity contribution in [2.24, 2.45) is 0 Å². The third-order valence-electron chi connectivity index (χ3n) is 4.06. The number of hydrogen-bond acceptors (Lipinski definition) is 10. The SMILES string of the molecule is CC(=O)N[C@]1(C(C)=O)[C@@H](O)CC(O)(C(=O)O)O[C@H]1[C@H](O)C(O)(O)CO. The minimum absolute atomic E-state index is 0.864. The highest BCUT2D eigenvalue weighted by molar-refractivity contribution is 5.93. The molecule has 25 heavy (non-hydrogen) atoms. The molecule has 1 saturated heterocycles. The number of carbonyl (C=O) groups excluding carboxylic acids is 2. The van der Waals surface area contributed by atoms with Gasteiger partial charge >= 0.3 is 5.97 Å². The standard InChI is InChI=1S/C13H21NO11/c1-5(16)13(14-6(2)17)7(18)3-12(24,10(20)21)25-9(13)8(19)11(22,23)4-15/h7-9,15,18-19,22-24H,3-4H2,1-2H3,(H,14,17)(H,20,21)/t7-,8-,9-,12?,13+/m0/s1. The first-order chi connectivity index (χ1) is 11.2. The van der Waals surface area contributed by atoms with Crippen molar-refractivity contribution < 1.29 is 54.9 Å². The summed E-state index contributed by atoms with van der Waals surface area (Å²) in [5, 5.41) is 69.7. The zero-order valence-electron chi connectivity index (χ0n) is 13.4. The number of Topliss-reactive ketones (excluding diaryl/α,β-unsaturated/α-hetero) is 1. The molecule has 0 radical (unpaired) electrons. The zero-order valence-corrected chi connectivity index (χ0v) is 13.4. The van der Waals surface area contributed by atoms with E-state index in [9.17, 15) is 39.9 Å². The highest BCUT2D eigenvalue weighted by atomic mass is 16.7. The highest BCUT2D eigenvalue weighted by Gasteiger charge is 2.65. The number of carboxylic acid groups (broad SMARTS) is 1. The molecule has 1 fully saturated rings. The number of amides is 1. The molecule has 144 valence electrons. The second-order valence-electron chi connectivity index (χ2n) is 5.94. The maximum absolute atomic E-state index is 12.2. The van der Waals surface area contributed by atoms with Gasteiger partial charge in [0.15, 0.2) is 11.3 Å². The highest BCUT2D eigenvalue weighted by Crippen LogP contribution is 2.38. The van der Waals surface area contributed by atoms with Crippen LogP contribution in [0.15, 0.2) is 0 Å². The first-order valence-electron chi connectivity index (χ1n) is 7.09. The molecule has 1 aliphatic rings. The summed E-state index contributed by atoms with van der Waals surface area (Å²) in [5.74, 6) is -10.3. The van der Waals surface area contributed by atoms with E-state index in [4.69, 9.17) is 14.9 Å². The number of aliphatic hydroxyl groups excluding tert-OH is 3. The van der Waals surface area contributed by atoms with E-state index in [0.29, 0.717) is 0 Å². The van der Waals surface area contributed by atoms with Gasteiger partial charge in [0.05, 0.1) is 12.7 Å². The van der Waals surface area contributed by atoms with Gasteiger partial charge in [-0.05, 0) is 6.92 Å². The van der Waals surface area contributed by atoms with E-state index in [1.807, 2.05) is 5.32 Å². The minimum Gasteiger partial charge on any atom is -0.477 e. The van der Waals surface area contributed by atoms with E-state index in [0.717, 1.165) is 13.8 Å². The Morgan fingerprint density at radius 1 is 1.32 bits per heavy atom. The van der Waals surface area contributed by atoms with Crippen LogP contribution in [0.2, 0.25) is 0 Å². The fraction of sp³-hybridized carbons (Fsp3) is 0.769. The summed E-state index contributed by atoms with van der Waals surface area (Å²) >= 11 is 0. The van der Waals surface area contributed by atoms with Gasteiger partial charge in [0.25, 0.3) is 5.79 Å². The molecule has 0 bridgehead atoms. The normalized spacial score (nSPS) is 34.2. The molecule has 8 N–H and O–H groups in total. The Hall–Kier alpha value is -1.67. The number of carbonyl (C=O) groups is 3. The van der Waals surface area contributed by atoms with Crippen LogP contribution in [0.1, 0.15) is 20.3 Å².